The number of rotatable bonds is 9. The average Bonchev–Trinajstić information content (AvgIpc) is 2.49. The van der Waals surface area contributed by atoms with Crippen LogP contribution in [-0.4, -0.2) is 46.3 Å². The summed E-state index contributed by atoms with van der Waals surface area (Å²) in [5, 5.41) is 5.71. The number of halogens is 1. The van der Waals surface area contributed by atoms with E-state index in [2.05, 4.69) is 10.6 Å². The van der Waals surface area contributed by atoms with Crippen molar-refractivity contribution in [1.82, 2.24) is 10.6 Å². The highest BCUT2D eigenvalue weighted by atomic mass is 19.1. The molecule has 21 heavy (non-hydrogen) atoms. The van der Waals surface area contributed by atoms with Crippen LogP contribution in [0.1, 0.15) is 12.5 Å². The molecule has 0 bridgehead atoms. The van der Waals surface area contributed by atoms with Gasteiger partial charge >= 0.3 is 0 Å². The van der Waals surface area contributed by atoms with Crippen molar-refractivity contribution in [3.05, 3.63) is 29.6 Å². The quantitative estimate of drug-likeness (QED) is 0.671. The molecule has 0 aliphatic carbocycles. The standard InChI is InChI=1S/C15H24FN3O2/c1-4-19(11-15(20)17-2)14-6-5-12(9-13(14)16)10-18-7-8-21-3/h5-6,9,18H,4,7-8,10-11H2,1-3H3,(H,17,20). The van der Waals surface area contributed by atoms with Gasteiger partial charge < -0.3 is 20.3 Å². The Morgan fingerprint density at radius 1 is 1.43 bits per heavy atom. The smallest absolute Gasteiger partial charge is 0.239 e. The summed E-state index contributed by atoms with van der Waals surface area (Å²) in [6.45, 7) is 4.53. The molecule has 6 heteroatoms. The van der Waals surface area contributed by atoms with E-state index in [9.17, 15) is 9.18 Å². The molecule has 5 nitrogen and oxygen atoms in total. The largest absolute Gasteiger partial charge is 0.383 e. The fraction of sp³-hybridized carbons (Fsp3) is 0.533. The third-order valence-electron chi connectivity index (χ3n) is 3.16. The lowest BCUT2D eigenvalue weighted by Crippen LogP contribution is -2.36. The number of methoxy groups -OCH3 is 1. The van der Waals surface area contributed by atoms with Crippen LogP contribution in [0.5, 0.6) is 0 Å². The molecule has 0 spiro atoms. The van der Waals surface area contributed by atoms with E-state index in [0.29, 0.717) is 25.4 Å². The second-order valence-electron chi connectivity index (χ2n) is 4.64. The molecule has 1 aromatic carbocycles. The average molecular weight is 297 g/mol. The Morgan fingerprint density at radius 2 is 2.19 bits per heavy atom. The maximum Gasteiger partial charge on any atom is 0.239 e. The fourth-order valence-corrected chi connectivity index (χ4v) is 1.94. The van der Waals surface area contributed by atoms with E-state index >= 15 is 0 Å². The SMILES string of the molecule is CCN(CC(=O)NC)c1ccc(CNCCOC)cc1F. The molecule has 0 aliphatic heterocycles. The molecule has 118 valence electrons. The van der Waals surface area contributed by atoms with Gasteiger partial charge in [0.15, 0.2) is 0 Å². The van der Waals surface area contributed by atoms with Crippen molar-refractivity contribution in [1.29, 1.82) is 0 Å². The Balaban J connectivity index is 2.69. The summed E-state index contributed by atoms with van der Waals surface area (Å²) in [4.78, 5) is 13.1. The van der Waals surface area contributed by atoms with Crippen LogP contribution in [0.3, 0.4) is 0 Å². The summed E-state index contributed by atoms with van der Waals surface area (Å²) < 4.78 is 19.1. The van der Waals surface area contributed by atoms with Crippen molar-refractivity contribution < 1.29 is 13.9 Å². The van der Waals surface area contributed by atoms with Gasteiger partial charge in [0.2, 0.25) is 5.91 Å². The zero-order valence-corrected chi connectivity index (χ0v) is 12.9. The topological polar surface area (TPSA) is 53.6 Å². The van der Waals surface area contributed by atoms with Gasteiger partial charge in [0.25, 0.3) is 0 Å². The lowest BCUT2D eigenvalue weighted by molar-refractivity contribution is -0.119. The molecule has 0 heterocycles. The Bertz CT molecular complexity index is 455. The lowest BCUT2D eigenvalue weighted by Gasteiger charge is -2.23. The van der Waals surface area contributed by atoms with Gasteiger partial charge in [-0.1, -0.05) is 6.07 Å². The van der Waals surface area contributed by atoms with Gasteiger partial charge in [-0.2, -0.15) is 0 Å². The molecule has 1 rings (SSSR count). The second kappa shape index (κ2) is 9.31. The summed E-state index contributed by atoms with van der Waals surface area (Å²) in [5.74, 6) is -0.451. The molecule has 0 unspecified atom stereocenters. The summed E-state index contributed by atoms with van der Waals surface area (Å²) in [6.07, 6.45) is 0. The Morgan fingerprint density at radius 3 is 2.76 bits per heavy atom. The first-order valence-corrected chi connectivity index (χ1v) is 7.06. The van der Waals surface area contributed by atoms with Gasteiger partial charge in [0, 0.05) is 33.8 Å². The number of benzene rings is 1. The van der Waals surface area contributed by atoms with Crippen molar-refractivity contribution in [2.45, 2.75) is 13.5 Å². The third kappa shape index (κ3) is 5.69. The van der Waals surface area contributed by atoms with Gasteiger partial charge in [-0.15, -0.1) is 0 Å². The molecule has 1 aromatic rings. The van der Waals surface area contributed by atoms with E-state index in [1.165, 1.54) is 6.07 Å². The first-order valence-electron chi connectivity index (χ1n) is 7.06. The number of anilines is 1. The first kappa shape index (κ1) is 17.4. The highest BCUT2D eigenvalue weighted by Gasteiger charge is 2.13. The normalized spacial score (nSPS) is 10.5. The third-order valence-corrected chi connectivity index (χ3v) is 3.16. The number of likely N-dealkylation sites (N-methyl/N-ethyl adjacent to an activating group) is 2. The minimum Gasteiger partial charge on any atom is -0.383 e. The van der Waals surface area contributed by atoms with Crippen molar-refractivity contribution in [3.63, 3.8) is 0 Å². The monoisotopic (exact) mass is 297 g/mol. The zero-order chi connectivity index (χ0) is 15.7. The lowest BCUT2D eigenvalue weighted by atomic mass is 10.1. The molecule has 0 radical (unpaired) electrons. The van der Waals surface area contributed by atoms with E-state index in [-0.39, 0.29) is 18.3 Å². The van der Waals surface area contributed by atoms with Crippen LogP contribution in [-0.2, 0) is 16.1 Å². The molecule has 0 saturated carbocycles. The van der Waals surface area contributed by atoms with Gasteiger partial charge in [0.1, 0.15) is 5.82 Å². The zero-order valence-electron chi connectivity index (χ0n) is 12.9. The number of nitrogens with one attached hydrogen (secondary N) is 2. The summed E-state index contributed by atoms with van der Waals surface area (Å²) in [7, 11) is 3.21. The summed E-state index contributed by atoms with van der Waals surface area (Å²) in [6, 6.07) is 5.08. The Hall–Kier alpha value is -1.66. The van der Waals surface area contributed by atoms with Crippen molar-refractivity contribution in [2.75, 3.05) is 45.3 Å². The number of ether oxygens (including phenoxy) is 1. The van der Waals surface area contributed by atoms with Crippen LogP contribution in [0, 0.1) is 5.82 Å². The van der Waals surface area contributed by atoms with Gasteiger partial charge in [-0.05, 0) is 24.6 Å². The number of hydrogen-bond acceptors (Lipinski definition) is 4. The summed E-state index contributed by atoms with van der Waals surface area (Å²) >= 11 is 0. The maximum absolute atomic E-state index is 14.2. The molecule has 0 aromatic heterocycles. The van der Waals surface area contributed by atoms with Crippen molar-refractivity contribution in [2.24, 2.45) is 0 Å². The maximum atomic E-state index is 14.2. The predicted octanol–water partition coefficient (Wildman–Crippen LogP) is 1.13. The van der Waals surface area contributed by atoms with Gasteiger partial charge in [-0.25, -0.2) is 4.39 Å². The van der Waals surface area contributed by atoms with Crippen LogP contribution in [0.25, 0.3) is 0 Å². The molecule has 0 fully saturated rings. The van der Waals surface area contributed by atoms with Crippen LogP contribution >= 0.6 is 0 Å². The van der Waals surface area contributed by atoms with E-state index in [0.717, 1.165) is 12.1 Å². The fourth-order valence-electron chi connectivity index (χ4n) is 1.94. The van der Waals surface area contributed by atoms with Crippen molar-refractivity contribution in [3.8, 4) is 0 Å². The summed E-state index contributed by atoms with van der Waals surface area (Å²) in [5.41, 5.74) is 1.31. The molecule has 1 amide bonds. The molecular weight excluding hydrogens is 273 g/mol. The predicted molar refractivity (Wildman–Crippen MR) is 81.9 cm³/mol. The highest BCUT2D eigenvalue weighted by Crippen LogP contribution is 2.20. The number of carbonyl (C=O) groups is 1. The van der Waals surface area contributed by atoms with Crippen molar-refractivity contribution >= 4 is 11.6 Å². The molecule has 0 aliphatic rings. The van der Waals surface area contributed by atoms with Gasteiger partial charge in [0.05, 0.1) is 18.8 Å². The first-order chi connectivity index (χ1) is 10.1. The van der Waals surface area contributed by atoms with Crippen LogP contribution in [0.4, 0.5) is 10.1 Å². The number of carbonyl (C=O) groups excluding carboxylic acids is 1. The number of nitrogens with zero attached hydrogens (tertiary/aromatic N) is 1. The highest BCUT2D eigenvalue weighted by molar-refractivity contribution is 5.81. The second-order valence-corrected chi connectivity index (χ2v) is 4.64. The molecule has 0 atom stereocenters. The van der Waals surface area contributed by atoms with E-state index in [1.54, 1.807) is 25.1 Å². The van der Waals surface area contributed by atoms with Gasteiger partial charge in [-0.3, -0.25) is 4.79 Å². The van der Waals surface area contributed by atoms with Crippen LogP contribution < -0.4 is 15.5 Å². The minimum absolute atomic E-state index is 0.137. The van der Waals surface area contributed by atoms with E-state index < -0.39 is 0 Å². The number of amides is 1. The number of hydrogen-bond donors (Lipinski definition) is 2. The van der Waals surface area contributed by atoms with Crippen LogP contribution in [0.2, 0.25) is 0 Å². The minimum atomic E-state index is -0.313. The van der Waals surface area contributed by atoms with Crippen LogP contribution in [0.15, 0.2) is 18.2 Å². The Kier molecular flexibility index (Phi) is 7.71. The molecule has 0 saturated heterocycles. The molecular formula is C15H24FN3O2. The Labute approximate surface area is 125 Å². The molecule has 2 N–H and O–H groups in total. The van der Waals surface area contributed by atoms with E-state index in [4.69, 9.17) is 4.74 Å². The van der Waals surface area contributed by atoms with E-state index in [1.807, 2.05) is 13.0 Å².